The number of carbonyl (C=O) groups excluding carboxylic acids is 1. The molecule has 2 rings (SSSR count). The lowest BCUT2D eigenvalue weighted by molar-refractivity contribution is -0.126. The summed E-state index contributed by atoms with van der Waals surface area (Å²) in [5.41, 5.74) is 0. The maximum atomic E-state index is 11.8. The first kappa shape index (κ1) is 10.5. The fourth-order valence-corrected chi connectivity index (χ4v) is 3.26. The van der Waals surface area contributed by atoms with Crippen molar-refractivity contribution in [3.63, 3.8) is 0 Å². The Morgan fingerprint density at radius 1 is 1.36 bits per heavy atom. The zero-order valence-electron chi connectivity index (χ0n) is 8.47. The van der Waals surface area contributed by atoms with E-state index in [2.05, 4.69) is 21.2 Å². The minimum absolute atomic E-state index is 0.318. The molecule has 2 saturated carbocycles. The van der Waals surface area contributed by atoms with Crippen LogP contribution >= 0.6 is 15.9 Å². The zero-order chi connectivity index (χ0) is 9.97. The van der Waals surface area contributed by atoms with E-state index in [9.17, 15) is 4.79 Å². The van der Waals surface area contributed by atoms with E-state index < -0.39 is 0 Å². The maximum Gasteiger partial charge on any atom is 0.223 e. The number of amides is 1. The van der Waals surface area contributed by atoms with Gasteiger partial charge >= 0.3 is 0 Å². The number of nitrogens with one attached hydrogen (secondary N) is 1. The summed E-state index contributed by atoms with van der Waals surface area (Å²) >= 11 is 3.36. The van der Waals surface area contributed by atoms with Crippen LogP contribution in [-0.2, 0) is 4.79 Å². The fourth-order valence-electron chi connectivity index (χ4n) is 2.98. The molecule has 3 atom stereocenters. The molecule has 1 N–H and O–H groups in total. The second-order valence-corrected chi connectivity index (χ2v) is 5.41. The first-order valence-corrected chi connectivity index (χ1v) is 6.77. The highest BCUT2D eigenvalue weighted by atomic mass is 79.9. The molecule has 2 aliphatic rings. The van der Waals surface area contributed by atoms with Crippen molar-refractivity contribution in [1.82, 2.24) is 5.32 Å². The van der Waals surface area contributed by atoms with Crippen molar-refractivity contribution in [2.45, 2.75) is 32.1 Å². The van der Waals surface area contributed by atoms with Crippen LogP contribution < -0.4 is 5.32 Å². The van der Waals surface area contributed by atoms with E-state index in [4.69, 9.17) is 0 Å². The highest BCUT2D eigenvalue weighted by molar-refractivity contribution is 9.09. The van der Waals surface area contributed by atoms with E-state index >= 15 is 0 Å². The summed E-state index contributed by atoms with van der Waals surface area (Å²) in [5.74, 6) is 2.25. The molecule has 0 spiro atoms. The third kappa shape index (κ3) is 2.13. The zero-order valence-corrected chi connectivity index (χ0v) is 10.1. The Hall–Kier alpha value is -0.0500. The van der Waals surface area contributed by atoms with E-state index in [-0.39, 0.29) is 0 Å². The molecule has 0 radical (unpaired) electrons. The Kier molecular flexibility index (Phi) is 3.47. The van der Waals surface area contributed by atoms with E-state index in [0.29, 0.717) is 17.7 Å². The predicted octanol–water partition coefficient (Wildman–Crippen LogP) is 2.32. The second kappa shape index (κ2) is 4.65. The van der Waals surface area contributed by atoms with Gasteiger partial charge in [0.1, 0.15) is 0 Å². The van der Waals surface area contributed by atoms with Gasteiger partial charge in [0.2, 0.25) is 5.91 Å². The lowest BCUT2D eigenvalue weighted by Gasteiger charge is -2.20. The molecule has 0 aromatic rings. The summed E-state index contributed by atoms with van der Waals surface area (Å²) in [6.07, 6.45) is 6.17. The average molecular weight is 260 g/mol. The number of alkyl halides is 1. The molecule has 80 valence electrons. The molecule has 2 aliphatic carbocycles. The quantitative estimate of drug-likeness (QED) is 0.610. The van der Waals surface area contributed by atoms with Gasteiger partial charge in [-0.3, -0.25) is 4.79 Å². The molecule has 1 amide bonds. The van der Waals surface area contributed by atoms with Crippen LogP contribution in [0.15, 0.2) is 0 Å². The summed E-state index contributed by atoms with van der Waals surface area (Å²) in [5, 5.41) is 4.02. The maximum absolute atomic E-state index is 11.8. The van der Waals surface area contributed by atoms with Crippen molar-refractivity contribution in [2.24, 2.45) is 17.8 Å². The minimum Gasteiger partial charge on any atom is -0.356 e. The fraction of sp³-hybridized carbons (Fsp3) is 0.909. The van der Waals surface area contributed by atoms with Crippen LogP contribution in [0.4, 0.5) is 0 Å². The van der Waals surface area contributed by atoms with Gasteiger partial charge in [-0.1, -0.05) is 22.4 Å². The Bertz CT molecular complexity index is 219. The van der Waals surface area contributed by atoms with Crippen molar-refractivity contribution < 1.29 is 4.79 Å². The normalized spacial score (nSPS) is 34.8. The van der Waals surface area contributed by atoms with E-state index in [1.54, 1.807) is 0 Å². The monoisotopic (exact) mass is 259 g/mol. The molecule has 3 unspecified atom stereocenters. The Morgan fingerprint density at radius 2 is 2.21 bits per heavy atom. The van der Waals surface area contributed by atoms with Gasteiger partial charge in [0.05, 0.1) is 0 Å². The minimum atomic E-state index is 0.318. The number of hydrogen-bond acceptors (Lipinski definition) is 1. The first-order valence-electron chi connectivity index (χ1n) is 5.65. The first-order chi connectivity index (χ1) is 6.81. The Morgan fingerprint density at radius 3 is 2.79 bits per heavy atom. The van der Waals surface area contributed by atoms with Crippen LogP contribution in [0.25, 0.3) is 0 Å². The van der Waals surface area contributed by atoms with Gasteiger partial charge in [-0.2, -0.15) is 0 Å². The molecule has 2 nitrogen and oxygen atoms in total. The van der Waals surface area contributed by atoms with Crippen LogP contribution in [0.1, 0.15) is 32.1 Å². The molecule has 0 heterocycles. The molecule has 0 saturated heterocycles. The van der Waals surface area contributed by atoms with Gasteiger partial charge in [-0.25, -0.2) is 0 Å². The number of carbonyl (C=O) groups is 1. The molecule has 2 fully saturated rings. The van der Waals surface area contributed by atoms with Gasteiger partial charge in [-0.05, 0) is 37.5 Å². The molecular formula is C11H18BrNO. The summed E-state index contributed by atoms with van der Waals surface area (Å²) in [6.45, 7) is 0.831. The van der Waals surface area contributed by atoms with E-state index in [1.807, 2.05) is 0 Å². The number of halogens is 1. The smallest absolute Gasteiger partial charge is 0.223 e. The topological polar surface area (TPSA) is 29.1 Å². The number of rotatable bonds is 4. The van der Waals surface area contributed by atoms with Gasteiger partial charge in [0.25, 0.3) is 0 Å². The number of hydrogen-bond donors (Lipinski definition) is 1. The van der Waals surface area contributed by atoms with Gasteiger partial charge < -0.3 is 5.32 Å². The average Bonchev–Trinajstić information content (AvgIpc) is 2.79. The molecule has 0 aromatic carbocycles. The van der Waals surface area contributed by atoms with Crippen molar-refractivity contribution >= 4 is 21.8 Å². The predicted molar refractivity (Wildman–Crippen MR) is 60.4 cm³/mol. The molecule has 2 bridgehead atoms. The van der Waals surface area contributed by atoms with Crippen LogP contribution in [0.5, 0.6) is 0 Å². The summed E-state index contributed by atoms with van der Waals surface area (Å²) in [6, 6.07) is 0. The summed E-state index contributed by atoms with van der Waals surface area (Å²) in [7, 11) is 0. The van der Waals surface area contributed by atoms with Crippen LogP contribution in [0.2, 0.25) is 0 Å². The standard InChI is InChI=1S/C11H18BrNO/c12-4-1-5-13-11(14)10-7-8-2-3-9(10)6-8/h8-10H,1-7H2,(H,13,14). The second-order valence-electron chi connectivity index (χ2n) is 4.61. The molecule has 0 aliphatic heterocycles. The van der Waals surface area contributed by atoms with Gasteiger partial charge in [-0.15, -0.1) is 0 Å². The van der Waals surface area contributed by atoms with Gasteiger partial charge in [0.15, 0.2) is 0 Å². The molecule has 14 heavy (non-hydrogen) atoms. The molecule has 3 heteroatoms. The van der Waals surface area contributed by atoms with Crippen LogP contribution in [0.3, 0.4) is 0 Å². The van der Waals surface area contributed by atoms with Crippen molar-refractivity contribution in [2.75, 3.05) is 11.9 Å². The Balaban J connectivity index is 1.75. The van der Waals surface area contributed by atoms with Crippen molar-refractivity contribution in [3.8, 4) is 0 Å². The molecular weight excluding hydrogens is 242 g/mol. The SMILES string of the molecule is O=C(NCCCBr)C1CC2CCC1C2. The van der Waals surface area contributed by atoms with Crippen molar-refractivity contribution in [3.05, 3.63) is 0 Å². The lowest BCUT2D eigenvalue weighted by Crippen LogP contribution is -2.34. The number of fused-ring (bicyclic) bond motifs is 2. The third-order valence-corrected chi connectivity index (χ3v) is 4.25. The third-order valence-electron chi connectivity index (χ3n) is 3.68. The van der Waals surface area contributed by atoms with Gasteiger partial charge in [0, 0.05) is 17.8 Å². The Labute approximate surface area is 94.0 Å². The largest absolute Gasteiger partial charge is 0.356 e. The summed E-state index contributed by atoms with van der Waals surface area (Å²) < 4.78 is 0. The van der Waals surface area contributed by atoms with E-state index in [1.165, 1.54) is 19.3 Å². The molecule has 0 aromatic heterocycles. The highest BCUT2D eigenvalue weighted by Gasteiger charge is 2.42. The highest BCUT2D eigenvalue weighted by Crippen LogP contribution is 2.48. The van der Waals surface area contributed by atoms with Crippen LogP contribution in [-0.4, -0.2) is 17.8 Å². The van der Waals surface area contributed by atoms with E-state index in [0.717, 1.165) is 30.6 Å². The van der Waals surface area contributed by atoms with Crippen molar-refractivity contribution in [1.29, 1.82) is 0 Å². The summed E-state index contributed by atoms with van der Waals surface area (Å²) in [4.78, 5) is 11.8. The van der Waals surface area contributed by atoms with Crippen LogP contribution in [0, 0.1) is 17.8 Å². The lowest BCUT2D eigenvalue weighted by atomic mass is 9.88.